The maximum Gasteiger partial charge on any atom is -1.00 e. The Morgan fingerprint density at radius 1 is 1.33 bits per heavy atom. The van der Waals surface area contributed by atoms with Gasteiger partial charge >= 0.3 is 74.6 Å². The molecular weight excluding hydrogens is 194 g/mol. The predicted molar refractivity (Wildman–Crippen MR) is 40.4 cm³/mol. The quantitative estimate of drug-likeness (QED) is 0.420. The largest absolute Gasteiger partial charge is 1.00 e. The van der Waals surface area contributed by atoms with E-state index in [1.54, 1.807) is 5.57 Å². The molecule has 0 nitrogen and oxygen atoms in total. The van der Waals surface area contributed by atoms with Crippen LogP contribution < -0.4 is 9.41 Å². The fourth-order valence-corrected chi connectivity index (χ4v) is 1.46. The van der Waals surface area contributed by atoms with E-state index in [0.29, 0.717) is 0 Å². The SMILES string of the molecule is CC(C)[CH]([Ti+2])C1=CC=CC1.[F-].[F-]. The smallest absolute Gasteiger partial charge is 1.00 e. The average Bonchev–Trinajstić information content (AvgIpc) is 2.36. The van der Waals surface area contributed by atoms with Gasteiger partial charge in [-0.3, -0.25) is 0 Å². The second-order valence-electron chi connectivity index (χ2n) is 3.10. The van der Waals surface area contributed by atoms with E-state index < -0.39 is 0 Å². The Morgan fingerprint density at radius 3 is 2.25 bits per heavy atom. The Kier molecular flexibility index (Phi) is 7.96. The van der Waals surface area contributed by atoms with Gasteiger partial charge in [0.2, 0.25) is 0 Å². The van der Waals surface area contributed by atoms with E-state index in [-0.39, 0.29) is 9.41 Å². The minimum absolute atomic E-state index is 0. The molecule has 12 heavy (non-hydrogen) atoms. The van der Waals surface area contributed by atoms with Crippen LogP contribution in [0.3, 0.4) is 0 Å². The van der Waals surface area contributed by atoms with Gasteiger partial charge in [0.05, 0.1) is 0 Å². The summed E-state index contributed by atoms with van der Waals surface area (Å²) in [6.07, 6.45) is 7.83. The standard InChI is InChI=1S/C9H13.2FH.Ti/c1-8(2)7-9-5-3-4-6-9;;;/h3-5,7-8H,6H2,1-2H3;2*1H;/q;;;+2/p-2. The van der Waals surface area contributed by atoms with Crippen molar-refractivity contribution < 1.29 is 29.8 Å². The molecule has 1 aliphatic rings. The van der Waals surface area contributed by atoms with Crippen molar-refractivity contribution in [2.45, 2.75) is 24.5 Å². The molecule has 0 fully saturated rings. The fourth-order valence-electron chi connectivity index (χ4n) is 1.12. The van der Waals surface area contributed by atoms with E-state index in [0.717, 1.165) is 10.1 Å². The summed E-state index contributed by atoms with van der Waals surface area (Å²) in [6.45, 7) is 4.56. The molecule has 0 bridgehead atoms. The molecule has 0 aromatic heterocycles. The first-order valence-electron chi connectivity index (χ1n) is 3.78. The zero-order valence-electron chi connectivity index (χ0n) is 7.35. The summed E-state index contributed by atoms with van der Waals surface area (Å²) in [4.78, 5) is 0. The van der Waals surface area contributed by atoms with Crippen LogP contribution in [0.25, 0.3) is 0 Å². The van der Waals surface area contributed by atoms with Crippen molar-refractivity contribution in [2.75, 3.05) is 0 Å². The molecule has 0 saturated carbocycles. The van der Waals surface area contributed by atoms with Gasteiger partial charge in [-0.25, -0.2) is 0 Å². The molecule has 1 rings (SSSR count). The maximum atomic E-state index is 2.31. The van der Waals surface area contributed by atoms with Crippen LogP contribution in [0.1, 0.15) is 20.3 Å². The topological polar surface area (TPSA) is 0 Å². The second kappa shape index (κ2) is 6.56. The molecule has 0 aromatic rings. The van der Waals surface area contributed by atoms with E-state index in [1.807, 2.05) is 0 Å². The van der Waals surface area contributed by atoms with Gasteiger partial charge < -0.3 is 9.41 Å². The molecule has 1 atom stereocenters. The third kappa shape index (κ3) is 3.64. The number of hydrogen-bond acceptors (Lipinski definition) is 0. The van der Waals surface area contributed by atoms with Crippen LogP contribution in [0.5, 0.6) is 0 Å². The number of hydrogen-bond donors (Lipinski definition) is 0. The predicted octanol–water partition coefficient (Wildman–Crippen LogP) is -3.13. The summed E-state index contributed by atoms with van der Waals surface area (Å²) < 4.78 is 0.759. The maximum absolute atomic E-state index is 2.31. The molecule has 1 aliphatic carbocycles. The summed E-state index contributed by atoms with van der Waals surface area (Å²) >= 11 is 2.31. The molecule has 0 aromatic carbocycles. The van der Waals surface area contributed by atoms with E-state index in [1.165, 1.54) is 6.42 Å². The van der Waals surface area contributed by atoms with Crippen LogP contribution in [0.15, 0.2) is 23.8 Å². The normalized spacial score (nSPS) is 16.6. The van der Waals surface area contributed by atoms with Gasteiger partial charge in [0, 0.05) is 0 Å². The fraction of sp³-hybridized carbons (Fsp3) is 0.556. The van der Waals surface area contributed by atoms with E-state index >= 15 is 0 Å². The molecule has 0 radical (unpaired) electrons. The van der Waals surface area contributed by atoms with Gasteiger partial charge in [-0.05, 0) is 0 Å². The Bertz CT molecular complexity index is 173. The molecule has 3 heteroatoms. The Labute approximate surface area is 84.3 Å². The third-order valence-corrected chi connectivity index (χ3v) is 3.49. The van der Waals surface area contributed by atoms with Crippen molar-refractivity contribution in [1.29, 1.82) is 0 Å². The van der Waals surface area contributed by atoms with Crippen LogP contribution in [-0.2, 0) is 20.4 Å². The summed E-state index contributed by atoms with van der Waals surface area (Å²) in [5.74, 6) is 0.783. The first kappa shape index (κ1) is 14.6. The zero-order chi connectivity index (χ0) is 7.56. The van der Waals surface area contributed by atoms with Crippen LogP contribution in [0.2, 0.25) is 4.22 Å². The summed E-state index contributed by atoms with van der Waals surface area (Å²) in [7, 11) is 0. The van der Waals surface area contributed by atoms with E-state index in [2.05, 4.69) is 52.5 Å². The Hall–Kier alpha value is 0.0543. The minimum atomic E-state index is 0. The monoisotopic (exact) mass is 207 g/mol. The van der Waals surface area contributed by atoms with Crippen molar-refractivity contribution in [1.82, 2.24) is 0 Å². The summed E-state index contributed by atoms with van der Waals surface area (Å²) in [6, 6.07) is 0. The molecular formula is C9H13F2Ti. The number of rotatable bonds is 2. The molecule has 0 spiro atoms. The van der Waals surface area contributed by atoms with Crippen LogP contribution in [0, 0.1) is 5.92 Å². The molecule has 0 N–H and O–H groups in total. The summed E-state index contributed by atoms with van der Waals surface area (Å²) in [5.41, 5.74) is 1.59. The van der Waals surface area contributed by atoms with Crippen molar-refractivity contribution >= 4 is 0 Å². The van der Waals surface area contributed by atoms with Crippen molar-refractivity contribution in [3.8, 4) is 0 Å². The molecule has 0 heterocycles. The van der Waals surface area contributed by atoms with Gasteiger partial charge in [-0.15, -0.1) is 0 Å². The average molecular weight is 207 g/mol. The summed E-state index contributed by atoms with van der Waals surface area (Å²) in [5, 5.41) is 0. The van der Waals surface area contributed by atoms with Crippen molar-refractivity contribution in [3.05, 3.63) is 23.8 Å². The van der Waals surface area contributed by atoms with E-state index in [9.17, 15) is 0 Å². The number of halogens is 2. The van der Waals surface area contributed by atoms with Crippen molar-refractivity contribution in [2.24, 2.45) is 5.92 Å². The van der Waals surface area contributed by atoms with Gasteiger partial charge in [0.15, 0.2) is 0 Å². The minimum Gasteiger partial charge on any atom is -1.00 e. The molecule has 0 aliphatic heterocycles. The van der Waals surface area contributed by atoms with Gasteiger partial charge in [0.1, 0.15) is 0 Å². The van der Waals surface area contributed by atoms with Gasteiger partial charge in [-0.1, -0.05) is 0 Å². The van der Waals surface area contributed by atoms with Crippen LogP contribution in [0.4, 0.5) is 0 Å². The third-order valence-electron chi connectivity index (χ3n) is 1.87. The van der Waals surface area contributed by atoms with Crippen molar-refractivity contribution in [3.63, 3.8) is 0 Å². The van der Waals surface area contributed by atoms with Crippen LogP contribution in [-0.4, -0.2) is 0 Å². The Morgan fingerprint density at radius 2 is 1.92 bits per heavy atom. The molecule has 0 amide bonds. The van der Waals surface area contributed by atoms with Crippen LogP contribution >= 0.6 is 0 Å². The molecule has 0 saturated heterocycles. The molecule has 1 unspecified atom stereocenters. The first-order chi connectivity index (χ1) is 4.72. The van der Waals surface area contributed by atoms with Gasteiger partial charge in [-0.2, -0.15) is 0 Å². The molecule has 67 valence electrons. The second-order valence-corrected chi connectivity index (χ2v) is 4.07. The zero-order valence-corrected chi connectivity index (χ0v) is 8.91. The van der Waals surface area contributed by atoms with Gasteiger partial charge in [0.25, 0.3) is 0 Å². The number of allylic oxidation sites excluding steroid dienone is 4. The Balaban J connectivity index is 0. The first-order valence-corrected chi connectivity index (χ1v) is 4.68. The van der Waals surface area contributed by atoms with E-state index in [4.69, 9.17) is 0 Å².